The third-order valence-corrected chi connectivity index (χ3v) is 8.39. The van der Waals surface area contributed by atoms with E-state index < -0.39 is 0 Å². The van der Waals surface area contributed by atoms with E-state index in [2.05, 4.69) is 48.0 Å². The second-order valence-corrected chi connectivity index (χ2v) is 11.7. The minimum atomic E-state index is -0.231. The van der Waals surface area contributed by atoms with Crippen LogP contribution < -0.4 is 16.0 Å². The third kappa shape index (κ3) is 4.83. The van der Waals surface area contributed by atoms with Crippen molar-refractivity contribution in [3.63, 3.8) is 0 Å². The number of nitrogens with one attached hydrogen (secondary N) is 2. The van der Waals surface area contributed by atoms with Crippen molar-refractivity contribution < 1.29 is 9.53 Å². The van der Waals surface area contributed by atoms with Crippen molar-refractivity contribution in [3.8, 4) is 11.3 Å². The number of hydrogen-bond donors (Lipinski definition) is 3. The van der Waals surface area contributed by atoms with Gasteiger partial charge >= 0.3 is 0 Å². The Balaban J connectivity index is 1.05. The van der Waals surface area contributed by atoms with Crippen molar-refractivity contribution in [2.75, 3.05) is 36.5 Å². The molecule has 6 heterocycles. The lowest BCUT2D eigenvalue weighted by Gasteiger charge is -2.35. The zero-order valence-corrected chi connectivity index (χ0v) is 22.6. The molecule has 3 aliphatic heterocycles. The van der Waals surface area contributed by atoms with Gasteiger partial charge in [-0.15, -0.1) is 0 Å². The fraction of sp³-hybridized carbons (Fsp3) is 0.400. The van der Waals surface area contributed by atoms with Gasteiger partial charge in [0.2, 0.25) is 0 Å². The van der Waals surface area contributed by atoms with Crippen LogP contribution in [0.2, 0.25) is 0 Å². The van der Waals surface area contributed by atoms with E-state index in [4.69, 9.17) is 10.5 Å². The standard InChI is InChI=1S/C30H34N8O2/c1-30(31)9-11-37(17-30)14-19-8-10-32-26(12-19)29(39)35-21-4-2-20(3-5-21)25-13-24-27(36-25)33-18-34-28(24)38-22-6-7-23(38)16-40-15-22/h2-5,8,10,12-13,18,22-23H,6-7,9,11,14-17,31H2,1H3,(H,35,39)(H,33,34,36)/t22?,23?,30-/m1/s1. The molecule has 10 nitrogen and oxygen atoms in total. The largest absolute Gasteiger partial charge is 0.377 e. The molecule has 3 aromatic heterocycles. The van der Waals surface area contributed by atoms with Crippen LogP contribution in [0.15, 0.2) is 55.0 Å². The number of fused-ring (bicyclic) bond motifs is 3. The summed E-state index contributed by atoms with van der Waals surface area (Å²) in [5, 5.41) is 4.00. The Kier molecular flexibility index (Phi) is 6.25. The SMILES string of the molecule is C[C@@]1(N)CCN(Cc2ccnc(C(=O)Nc3ccc(-c4cc5c(N6C7CCC6COC7)ncnc5[nH]4)cc3)c2)C1. The van der Waals surface area contributed by atoms with Crippen LogP contribution in [0.4, 0.5) is 11.5 Å². The molecular weight excluding hydrogens is 504 g/mol. The number of H-pyrrole nitrogens is 1. The zero-order chi connectivity index (χ0) is 27.3. The van der Waals surface area contributed by atoms with Gasteiger partial charge in [-0.05, 0) is 67.6 Å². The number of pyridine rings is 1. The van der Waals surface area contributed by atoms with Crippen LogP contribution in [-0.4, -0.2) is 74.7 Å². The predicted octanol–water partition coefficient (Wildman–Crippen LogP) is 3.56. The van der Waals surface area contributed by atoms with Gasteiger partial charge in [-0.3, -0.25) is 14.7 Å². The maximum atomic E-state index is 13.0. The quantitative estimate of drug-likeness (QED) is 0.340. The summed E-state index contributed by atoms with van der Waals surface area (Å²) >= 11 is 0. The van der Waals surface area contributed by atoms with E-state index >= 15 is 0 Å². The van der Waals surface area contributed by atoms with Crippen molar-refractivity contribution in [2.45, 2.75) is 50.4 Å². The number of benzene rings is 1. The molecule has 0 aliphatic carbocycles. The minimum absolute atomic E-state index is 0.148. The Morgan fingerprint density at radius 1 is 1.12 bits per heavy atom. The van der Waals surface area contributed by atoms with Gasteiger partial charge < -0.3 is 25.7 Å². The number of anilines is 2. The second kappa shape index (κ2) is 9.96. The molecule has 3 aliphatic rings. The number of ether oxygens (including phenoxy) is 1. The fourth-order valence-electron chi connectivity index (χ4n) is 6.36. The molecule has 2 bridgehead atoms. The van der Waals surface area contributed by atoms with Crippen LogP contribution in [0.1, 0.15) is 42.2 Å². The highest BCUT2D eigenvalue weighted by atomic mass is 16.5. The molecule has 4 N–H and O–H groups in total. The average Bonchev–Trinajstić information content (AvgIpc) is 3.61. The summed E-state index contributed by atoms with van der Waals surface area (Å²) in [5.41, 5.74) is 11.1. The van der Waals surface area contributed by atoms with E-state index in [-0.39, 0.29) is 11.4 Å². The van der Waals surface area contributed by atoms with Gasteiger partial charge in [-0.1, -0.05) is 12.1 Å². The lowest BCUT2D eigenvalue weighted by molar-refractivity contribution is 0.0904. The molecule has 1 aromatic carbocycles. The summed E-state index contributed by atoms with van der Waals surface area (Å²) in [5.74, 6) is 0.744. The van der Waals surface area contributed by atoms with Crippen molar-refractivity contribution in [3.05, 3.63) is 66.2 Å². The number of rotatable bonds is 6. The number of morpholine rings is 1. The van der Waals surface area contributed by atoms with Crippen LogP contribution in [0.3, 0.4) is 0 Å². The third-order valence-electron chi connectivity index (χ3n) is 8.39. The molecule has 40 heavy (non-hydrogen) atoms. The summed E-state index contributed by atoms with van der Waals surface area (Å²) in [4.78, 5) is 34.6. The molecule has 3 saturated heterocycles. The molecule has 3 fully saturated rings. The lowest BCUT2D eigenvalue weighted by Crippen LogP contribution is -2.46. The van der Waals surface area contributed by atoms with Gasteiger partial charge in [0.1, 0.15) is 23.5 Å². The number of nitrogens with two attached hydrogens (primary N) is 1. The van der Waals surface area contributed by atoms with Crippen LogP contribution in [-0.2, 0) is 11.3 Å². The van der Waals surface area contributed by atoms with Crippen LogP contribution in [0, 0.1) is 0 Å². The van der Waals surface area contributed by atoms with Crippen molar-refractivity contribution in [2.24, 2.45) is 5.73 Å². The monoisotopic (exact) mass is 538 g/mol. The summed E-state index contributed by atoms with van der Waals surface area (Å²) in [6.45, 7) is 6.15. The van der Waals surface area contributed by atoms with E-state index in [0.717, 1.165) is 85.8 Å². The number of aromatic amines is 1. The van der Waals surface area contributed by atoms with Gasteiger partial charge in [-0.25, -0.2) is 9.97 Å². The maximum absolute atomic E-state index is 13.0. The average molecular weight is 539 g/mol. The highest BCUT2D eigenvalue weighted by Gasteiger charge is 2.39. The number of likely N-dealkylation sites (tertiary alicyclic amines) is 1. The van der Waals surface area contributed by atoms with Crippen LogP contribution in [0.25, 0.3) is 22.3 Å². The van der Waals surface area contributed by atoms with Crippen LogP contribution in [0.5, 0.6) is 0 Å². The van der Waals surface area contributed by atoms with Crippen molar-refractivity contribution >= 4 is 28.4 Å². The Hall–Kier alpha value is -3.86. The van der Waals surface area contributed by atoms with E-state index in [0.29, 0.717) is 23.5 Å². The molecule has 7 rings (SSSR count). The van der Waals surface area contributed by atoms with Crippen molar-refractivity contribution in [1.82, 2.24) is 24.8 Å². The fourth-order valence-corrected chi connectivity index (χ4v) is 6.36. The highest BCUT2D eigenvalue weighted by molar-refractivity contribution is 6.03. The highest BCUT2D eigenvalue weighted by Crippen LogP contribution is 2.37. The summed E-state index contributed by atoms with van der Waals surface area (Å²) < 4.78 is 5.77. The number of amides is 1. The van der Waals surface area contributed by atoms with Gasteiger partial charge in [-0.2, -0.15) is 0 Å². The number of carbonyl (C=O) groups excluding carboxylic acids is 1. The summed E-state index contributed by atoms with van der Waals surface area (Å²) in [7, 11) is 0. The van der Waals surface area contributed by atoms with E-state index in [1.807, 2.05) is 36.4 Å². The molecular formula is C30H34N8O2. The first-order chi connectivity index (χ1) is 19.4. The topological polar surface area (TPSA) is 125 Å². The molecule has 1 amide bonds. The molecule has 4 aromatic rings. The molecule has 0 saturated carbocycles. The molecule has 0 spiro atoms. The van der Waals surface area contributed by atoms with Crippen LogP contribution >= 0.6 is 0 Å². The Morgan fingerprint density at radius 3 is 2.67 bits per heavy atom. The van der Waals surface area contributed by atoms with Gasteiger partial charge in [0, 0.05) is 42.8 Å². The second-order valence-electron chi connectivity index (χ2n) is 11.7. The van der Waals surface area contributed by atoms with Crippen molar-refractivity contribution in [1.29, 1.82) is 0 Å². The number of carbonyl (C=O) groups is 1. The van der Waals surface area contributed by atoms with Gasteiger partial charge in [0.25, 0.3) is 5.91 Å². The Morgan fingerprint density at radius 2 is 1.93 bits per heavy atom. The van der Waals surface area contributed by atoms with Gasteiger partial charge in [0.05, 0.1) is 30.7 Å². The first-order valence-electron chi connectivity index (χ1n) is 14.0. The Bertz CT molecular complexity index is 1530. The zero-order valence-electron chi connectivity index (χ0n) is 22.6. The first kappa shape index (κ1) is 25.1. The smallest absolute Gasteiger partial charge is 0.274 e. The van der Waals surface area contributed by atoms with Gasteiger partial charge in [0.15, 0.2) is 0 Å². The van der Waals surface area contributed by atoms with E-state index in [9.17, 15) is 4.79 Å². The normalized spacial score (nSPS) is 24.6. The molecule has 0 radical (unpaired) electrons. The predicted molar refractivity (Wildman–Crippen MR) is 154 cm³/mol. The molecule has 10 heteroatoms. The Labute approximate surface area is 233 Å². The number of nitrogens with zero attached hydrogens (tertiary/aromatic N) is 5. The lowest BCUT2D eigenvalue weighted by atomic mass is 10.0. The number of aromatic nitrogens is 4. The first-order valence-corrected chi connectivity index (χ1v) is 14.0. The molecule has 206 valence electrons. The molecule has 2 unspecified atom stereocenters. The summed E-state index contributed by atoms with van der Waals surface area (Å²) in [6.07, 6.45) is 6.57. The summed E-state index contributed by atoms with van der Waals surface area (Å²) in [6, 6.07) is 14.5. The van der Waals surface area contributed by atoms with E-state index in [1.54, 1.807) is 12.5 Å². The minimum Gasteiger partial charge on any atom is -0.377 e. The maximum Gasteiger partial charge on any atom is 0.274 e. The molecule has 3 atom stereocenters. The number of hydrogen-bond acceptors (Lipinski definition) is 8. The van der Waals surface area contributed by atoms with E-state index in [1.165, 1.54) is 0 Å².